The Morgan fingerprint density at radius 2 is 2.19 bits per heavy atom. The number of halogens is 1. The van der Waals surface area contributed by atoms with Crippen molar-refractivity contribution in [1.29, 1.82) is 5.26 Å². The molecule has 0 saturated heterocycles. The van der Waals surface area contributed by atoms with E-state index in [1.807, 2.05) is 25.1 Å². The molecule has 1 heterocycles. The number of hydrogen-bond donors (Lipinski definition) is 0. The van der Waals surface area contributed by atoms with Gasteiger partial charge in [0.15, 0.2) is 0 Å². The predicted molar refractivity (Wildman–Crippen MR) is 63.7 cm³/mol. The number of benzene rings is 1. The zero-order valence-electron chi connectivity index (χ0n) is 8.53. The van der Waals surface area contributed by atoms with E-state index in [1.54, 1.807) is 30.2 Å². The Hall–Kier alpha value is -1.37. The van der Waals surface area contributed by atoms with Crippen LogP contribution in [0.4, 0.5) is 0 Å². The van der Waals surface area contributed by atoms with Crippen molar-refractivity contribution in [2.24, 2.45) is 0 Å². The Kier molecular flexibility index (Phi) is 3.23. The molecule has 1 aromatic heterocycles. The summed E-state index contributed by atoms with van der Waals surface area (Å²) in [5.41, 5.74) is 0.495. The van der Waals surface area contributed by atoms with Crippen LogP contribution in [0, 0.1) is 18.3 Å². The maximum Gasteiger partial charge on any atom is 0.114 e. The van der Waals surface area contributed by atoms with Crippen LogP contribution in [0.25, 0.3) is 0 Å². The summed E-state index contributed by atoms with van der Waals surface area (Å²) in [6, 6.07) is 9.33. The SMILES string of the molecule is Cc1occc1Sc1ccc(C#N)c(Cl)c1. The third kappa shape index (κ3) is 2.24. The third-order valence-electron chi connectivity index (χ3n) is 2.10. The van der Waals surface area contributed by atoms with Crippen molar-refractivity contribution in [2.45, 2.75) is 16.7 Å². The molecule has 80 valence electrons. The first-order chi connectivity index (χ1) is 7.70. The number of aryl methyl sites for hydroxylation is 1. The average Bonchev–Trinajstić information content (AvgIpc) is 2.65. The molecule has 0 aliphatic heterocycles. The molecule has 0 unspecified atom stereocenters. The zero-order chi connectivity index (χ0) is 11.5. The smallest absolute Gasteiger partial charge is 0.114 e. The van der Waals surface area contributed by atoms with Crippen LogP contribution < -0.4 is 0 Å². The number of furan rings is 1. The van der Waals surface area contributed by atoms with Gasteiger partial charge in [-0.2, -0.15) is 5.26 Å². The maximum absolute atomic E-state index is 8.75. The van der Waals surface area contributed by atoms with Gasteiger partial charge in [-0.3, -0.25) is 0 Å². The molecule has 0 N–H and O–H groups in total. The average molecular weight is 250 g/mol. The summed E-state index contributed by atoms with van der Waals surface area (Å²) in [7, 11) is 0. The Morgan fingerprint density at radius 3 is 2.75 bits per heavy atom. The van der Waals surface area contributed by atoms with Gasteiger partial charge in [0, 0.05) is 4.90 Å². The highest BCUT2D eigenvalue weighted by Crippen LogP contribution is 2.32. The van der Waals surface area contributed by atoms with Gasteiger partial charge >= 0.3 is 0 Å². The summed E-state index contributed by atoms with van der Waals surface area (Å²) < 4.78 is 5.21. The summed E-state index contributed by atoms with van der Waals surface area (Å²) in [6.45, 7) is 1.91. The van der Waals surface area contributed by atoms with Crippen LogP contribution in [0.3, 0.4) is 0 Å². The lowest BCUT2D eigenvalue weighted by atomic mass is 10.2. The Labute approximate surface area is 103 Å². The summed E-state index contributed by atoms with van der Waals surface area (Å²) in [5, 5.41) is 9.23. The van der Waals surface area contributed by atoms with E-state index in [1.165, 1.54) is 0 Å². The lowest BCUT2D eigenvalue weighted by Gasteiger charge is -2.01. The topological polar surface area (TPSA) is 36.9 Å². The zero-order valence-corrected chi connectivity index (χ0v) is 10.1. The van der Waals surface area contributed by atoms with Crippen LogP contribution in [0.5, 0.6) is 0 Å². The van der Waals surface area contributed by atoms with Crippen molar-refractivity contribution in [3.8, 4) is 6.07 Å². The van der Waals surface area contributed by atoms with E-state index in [-0.39, 0.29) is 0 Å². The van der Waals surface area contributed by atoms with Crippen LogP contribution in [0.15, 0.2) is 44.7 Å². The highest BCUT2D eigenvalue weighted by Gasteiger charge is 2.06. The molecule has 0 aliphatic rings. The molecule has 0 saturated carbocycles. The molecule has 2 aromatic rings. The monoisotopic (exact) mass is 249 g/mol. The number of nitrogens with zero attached hydrogens (tertiary/aromatic N) is 1. The fraction of sp³-hybridized carbons (Fsp3) is 0.0833. The van der Waals surface area contributed by atoms with Crippen LogP contribution >= 0.6 is 23.4 Å². The summed E-state index contributed by atoms with van der Waals surface area (Å²) in [4.78, 5) is 2.05. The molecular weight excluding hydrogens is 242 g/mol. The first-order valence-electron chi connectivity index (χ1n) is 4.62. The number of nitriles is 1. The first kappa shape index (κ1) is 11.1. The molecule has 2 rings (SSSR count). The second-order valence-electron chi connectivity index (χ2n) is 3.20. The standard InChI is InChI=1S/C12H8ClNOS/c1-8-12(4-5-15-8)16-10-3-2-9(7-14)11(13)6-10/h2-6H,1H3. The van der Waals surface area contributed by atoms with Gasteiger partial charge in [-0.25, -0.2) is 0 Å². The van der Waals surface area contributed by atoms with Crippen LogP contribution in [0.1, 0.15) is 11.3 Å². The van der Waals surface area contributed by atoms with Crippen molar-refractivity contribution >= 4 is 23.4 Å². The van der Waals surface area contributed by atoms with Gasteiger partial charge in [-0.05, 0) is 31.2 Å². The van der Waals surface area contributed by atoms with Gasteiger partial charge in [-0.15, -0.1) is 0 Å². The Bertz CT molecular complexity index is 556. The second kappa shape index (κ2) is 4.65. The van der Waals surface area contributed by atoms with Gasteiger partial charge in [0.1, 0.15) is 11.8 Å². The second-order valence-corrected chi connectivity index (χ2v) is 4.72. The van der Waals surface area contributed by atoms with Crippen molar-refractivity contribution < 1.29 is 4.42 Å². The highest BCUT2D eigenvalue weighted by atomic mass is 35.5. The highest BCUT2D eigenvalue weighted by molar-refractivity contribution is 7.99. The lowest BCUT2D eigenvalue weighted by molar-refractivity contribution is 0.527. The van der Waals surface area contributed by atoms with E-state index >= 15 is 0 Å². The Balaban J connectivity index is 2.27. The number of rotatable bonds is 2. The molecule has 2 nitrogen and oxygen atoms in total. The Morgan fingerprint density at radius 1 is 1.38 bits per heavy atom. The largest absolute Gasteiger partial charge is 0.468 e. The van der Waals surface area contributed by atoms with Gasteiger partial charge in [0.05, 0.1) is 21.7 Å². The summed E-state index contributed by atoms with van der Waals surface area (Å²) >= 11 is 7.52. The van der Waals surface area contributed by atoms with E-state index in [9.17, 15) is 0 Å². The maximum atomic E-state index is 8.75. The molecule has 16 heavy (non-hydrogen) atoms. The summed E-state index contributed by atoms with van der Waals surface area (Å²) in [6.07, 6.45) is 1.66. The molecule has 0 atom stereocenters. The van der Waals surface area contributed by atoms with Crippen LogP contribution in [0.2, 0.25) is 5.02 Å². The lowest BCUT2D eigenvalue weighted by Crippen LogP contribution is -1.79. The number of hydrogen-bond acceptors (Lipinski definition) is 3. The van der Waals surface area contributed by atoms with E-state index < -0.39 is 0 Å². The fourth-order valence-corrected chi connectivity index (χ4v) is 2.43. The van der Waals surface area contributed by atoms with Crippen LogP contribution in [-0.4, -0.2) is 0 Å². The van der Waals surface area contributed by atoms with Crippen molar-refractivity contribution in [1.82, 2.24) is 0 Å². The van der Waals surface area contributed by atoms with E-state index in [0.717, 1.165) is 15.6 Å². The molecule has 0 aliphatic carbocycles. The molecule has 1 aromatic carbocycles. The molecular formula is C12H8ClNOS. The molecule has 0 bridgehead atoms. The van der Waals surface area contributed by atoms with E-state index in [4.69, 9.17) is 21.3 Å². The minimum absolute atomic E-state index is 0.480. The van der Waals surface area contributed by atoms with Gasteiger partial charge in [-0.1, -0.05) is 23.4 Å². The predicted octanol–water partition coefficient (Wildman–Crippen LogP) is 4.26. The van der Waals surface area contributed by atoms with Gasteiger partial charge in [0.2, 0.25) is 0 Å². The normalized spacial score (nSPS) is 10.1. The molecule has 0 spiro atoms. The summed E-state index contributed by atoms with van der Waals surface area (Å²) in [5.74, 6) is 0.880. The fourth-order valence-electron chi connectivity index (χ4n) is 1.26. The van der Waals surface area contributed by atoms with E-state index in [0.29, 0.717) is 10.6 Å². The van der Waals surface area contributed by atoms with Crippen LogP contribution in [-0.2, 0) is 0 Å². The minimum Gasteiger partial charge on any atom is -0.468 e. The third-order valence-corrected chi connectivity index (χ3v) is 3.55. The quantitative estimate of drug-likeness (QED) is 0.798. The van der Waals surface area contributed by atoms with Gasteiger partial charge < -0.3 is 4.42 Å². The van der Waals surface area contributed by atoms with E-state index in [2.05, 4.69) is 0 Å². The van der Waals surface area contributed by atoms with Crippen molar-refractivity contribution in [3.63, 3.8) is 0 Å². The molecule has 4 heteroatoms. The van der Waals surface area contributed by atoms with Crippen molar-refractivity contribution in [2.75, 3.05) is 0 Å². The first-order valence-corrected chi connectivity index (χ1v) is 5.82. The van der Waals surface area contributed by atoms with Crippen molar-refractivity contribution in [3.05, 3.63) is 46.9 Å². The van der Waals surface area contributed by atoms with Gasteiger partial charge in [0.25, 0.3) is 0 Å². The molecule has 0 amide bonds. The molecule has 0 radical (unpaired) electrons. The minimum atomic E-state index is 0.480. The molecule has 0 fully saturated rings.